The van der Waals surface area contributed by atoms with Crippen LogP contribution in [-0.2, 0) is 0 Å². The van der Waals surface area contributed by atoms with Crippen molar-refractivity contribution >= 4 is 5.96 Å². The summed E-state index contributed by atoms with van der Waals surface area (Å²) >= 11 is 0. The molecule has 0 bridgehead atoms. The number of rotatable bonds is 5. The van der Waals surface area contributed by atoms with Gasteiger partial charge in [0.1, 0.15) is 0 Å². The van der Waals surface area contributed by atoms with Gasteiger partial charge < -0.3 is 16.0 Å². The molecule has 0 unspecified atom stereocenters. The van der Waals surface area contributed by atoms with Gasteiger partial charge >= 0.3 is 0 Å². The number of aliphatic imine (C=N–C) groups is 1. The minimum Gasteiger partial charge on any atom is -0.370 e. The molecule has 1 fully saturated rings. The zero-order chi connectivity index (χ0) is 11.5. The summed E-state index contributed by atoms with van der Waals surface area (Å²) < 4.78 is 0. The van der Waals surface area contributed by atoms with Gasteiger partial charge in [0.2, 0.25) is 0 Å². The maximum Gasteiger partial charge on any atom is 0.188 e. The highest BCUT2D eigenvalue weighted by Crippen LogP contribution is 2.40. The first-order valence-electron chi connectivity index (χ1n) is 5.32. The molecule has 0 aliphatic heterocycles. The summed E-state index contributed by atoms with van der Waals surface area (Å²) in [6.07, 6.45) is 2.44. The standard InChI is InChI=1S/C11H22N4/c1-9(2)7-13-10(12)14-8-11(5-6-11)15(3)4/h1,5-8H2,2-4H3,(H3,12,13,14). The fraction of sp³-hybridized carbons (Fsp3) is 0.727. The van der Waals surface area contributed by atoms with Gasteiger partial charge in [0, 0.05) is 12.1 Å². The summed E-state index contributed by atoms with van der Waals surface area (Å²) in [4.78, 5) is 6.59. The maximum atomic E-state index is 5.74. The number of nitrogens with two attached hydrogens (primary N) is 1. The molecule has 15 heavy (non-hydrogen) atoms. The Labute approximate surface area is 92.2 Å². The van der Waals surface area contributed by atoms with Crippen LogP contribution in [0.15, 0.2) is 17.1 Å². The molecule has 0 atom stereocenters. The van der Waals surface area contributed by atoms with Gasteiger partial charge in [-0.25, -0.2) is 0 Å². The average Bonchev–Trinajstić information content (AvgIpc) is 2.92. The second kappa shape index (κ2) is 4.66. The number of hydrogen-bond donors (Lipinski definition) is 2. The Morgan fingerprint density at radius 1 is 1.53 bits per heavy atom. The highest BCUT2D eigenvalue weighted by atomic mass is 15.2. The lowest BCUT2D eigenvalue weighted by Crippen LogP contribution is -2.37. The summed E-state index contributed by atoms with van der Waals surface area (Å²) in [5.41, 5.74) is 7.07. The van der Waals surface area contributed by atoms with E-state index in [9.17, 15) is 0 Å². The molecule has 0 heterocycles. The quantitative estimate of drug-likeness (QED) is 0.396. The molecule has 0 amide bonds. The van der Waals surface area contributed by atoms with Crippen LogP contribution in [0.3, 0.4) is 0 Å². The molecule has 1 saturated carbocycles. The molecule has 0 spiro atoms. The average molecular weight is 210 g/mol. The van der Waals surface area contributed by atoms with Gasteiger partial charge in [-0.05, 0) is 33.9 Å². The molecule has 1 rings (SSSR count). The van der Waals surface area contributed by atoms with Crippen LogP contribution in [0.2, 0.25) is 0 Å². The third-order valence-corrected chi connectivity index (χ3v) is 2.89. The van der Waals surface area contributed by atoms with Crippen molar-refractivity contribution in [3.8, 4) is 0 Å². The van der Waals surface area contributed by atoms with E-state index in [0.717, 1.165) is 12.1 Å². The molecule has 4 nitrogen and oxygen atoms in total. The normalized spacial score (nSPS) is 19.1. The van der Waals surface area contributed by atoms with Crippen LogP contribution >= 0.6 is 0 Å². The lowest BCUT2D eigenvalue weighted by molar-refractivity contribution is 0.279. The van der Waals surface area contributed by atoms with Crippen molar-refractivity contribution < 1.29 is 0 Å². The summed E-state index contributed by atoms with van der Waals surface area (Å²) in [7, 11) is 4.19. The first-order chi connectivity index (χ1) is 6.96. The van der Waals surface area contributed by atoms with Gasteiger partial charge in [-0.2, -0.15) is 0 Å². The number of nitrogens with one attached hydrogen (secondary N) is 1. The van der Waals surface area contributed by atoms with E-state index < -0.39 is 0 Å². The molecule has 0 aromatic rings. The Bertz CT molecular complexity index is 264. The van der Waals surface area contributed by atoms with Crippen molar-refractivity contribution in [1.29, 1.82) is 0 Å². The molecule has 4 heteroatoms. The van der Waals surface area contributed by atoms with E-state index in [-0.39, 0.29) is 5.54 Å². The number of guanidine groups is 1. The van der Waals surface area contributed by atoms with Crippen LogP contribution in [0.1, 0.15) is 19.8 Å². The Kier molecular flexibility index (Phi) is 3.74. The van der Waals surface area contributed by atoms with E-state index >= 15 is 0 Å². The van der Waals surface area contributed by atoms with E-state index in [0.29, 0.717) is 12.5 Å². The fourth-order valence-corrected chi connectivity index (χ4v) is 1.42. The van der Waals surface area contributed by atoms with Crippen LogP contribution in [-0.4, -0.2) is 43.6 Å². The van der Waals surface area contributed by atoms with Gasteiger partial charge in [0.15, 0.2) is 5.96 Å². The summed E-state index contributed by atoms with van der Waals surface area (Å²) in [6, 6.07) is 0. The maximum absolute atomic E-state index is 5.74. The minimum absolute atomic E-state index is 0.273. The molecule has 1 aliphatic carbocycles. The third kappa shape index (κ3) is 3.55. The highest BCUT2D eigenvalue weighted by Gasteiger charge is 2.44. The van der Waals surface area contributed by atoms with Crippen molar-refractivity contribution in [3.63, 3.8) is 0 Å². The van der Waals surface area contributed by atoms with Crippen molar-refractivity contribution in [1.82, 2.24) is 10.2 Å². The molecule has 0 aromatic carbocycles. The molecule has 1 aliphatic rings. The highest BCUT2D eigenvalue weighted by molar-refractivity contribution is 5.78. The zero-order valence-electron chi connectivity index (χ0n) is 10.0. The zero-order valence-corrected chi connectivity index (χ0v) is 10.0. The third-order valence-electron chi connectivity index (χ3n) is 2.89. The van der Waals surface area contributed by atoms with Crippen LogP contribution in [0, 0.1) is 0 Å². The van der Waals surface area contributed by atoms with Gasteiger partial charge in [-0.1, -0.05) is 12.2 Å². The fourth-order valence-electron chi connectivity index (χ4n) is 1.42. The summed E-state index contributed by atoms with van der Waals surface area (Å²) in [5, 5.41) is 3.03. The minimum atomic E-state index is 0.273. The first-order valence-corrected chi connectivity index (χ1v) is 5.32. The van der Waals surface area contributed by atoms with Crippen molar-refractivity contribution in [2.75, 3.05) is 27.2 Å². The van der Waals surface area contributed by atoms with E-state index in [1.807, 2.05) is 6.92 Å². The second-order valence-corrected chi connectivity index (χ2v) is 4.63. The molecular weight excluding hydrogens is 188 g/mol. The predicted octanol–water partition coefficient (Wildman–Crippen LogP) is 0.561. The van der Waals surface area contributed by atoms with Crippen molar-refractivity contribution in [2.24, 2.45) is 10.7 Å². The molecule has 0 saturated heterocycles. The number of likely N-dealkylation sites (N-methyl/N-ethyl adjacent to an activating group) is 1. The van der Waals surface area contributed by atoms with Gasteiger partial charge in [-0.3, -0.25) is 4.99 Å². The van der Waals surface area contributed by atoms with Crippen molar-refractivity contribution in [3.05, 3.63) is 12.2 Å². The van der Waals surface area contributed by atoms with Gasteiger partial charge in [0.05, 0.1) is 6.54 Å². The lowest BCUT2D eigenvalue weighted by Gasteiger charge is -2.21. The first kappa shape index (κ1) is 12.0. The summed E-state index contributed by atoms with van der Waals surface area (Å²) in [5.74, 6) is 0.520. The van der Waals surface area contributed by atoms with Gasteiger partial charge in [-0.15, -0.1) is 0 Å². The SMILES string of the molecule is C=C(C)CNC(N)=NCC1(N(C)C)CC1. The topological polar surface area (TPSA) is 53.6 Å². The predicted molar refractivity (Wildman–Crippen MR) is 65.0 cm³/mol. The molecular formula is C11H22N4. The molecule has 86 valence electrons. The largest absolute Gasteiger partial charge is 0.370 e. The molecule has 3 N–H and O–H groups in total. The molecule has 0 radical (unpaired) electrons. The molecule has 0 aromatic heterocycles. The van der Waals surface area contributed by atoms with E-state index in [2.05, 4.69) is 35.9 Å². The van der Waals surface area contributed by atoms with Crippen LogP contribution in [0.25, 0.3) is 0 Å². The van der Waals surface area contributed by atoms with Gasteiger partial charge in [0.25, 0.3) is 0 Å². The Balaban J connectivity index is 2.34. The Morgan fingerprint density at radius 3 is 2.53 bits per heavy atom. The monoisotopic (exact) mass is 210 g/mol. The van der Waals surface area contributed by atoms with E-state index in [4.69, 9.17) is 5.73 Å². The van der Waals surface area contributed by atoms with Crippen molar-refractivity contribution in [2.45, 2.75) is 25.3 Å². The summed E-state index contributed by atoms with van der Waals surface area (Å²) in [6.45, 7) is 7.24. The van der Waals surface area contributed by atoms with E-state index in [1.165, 1.54) is 12.8 Å². The number of nitrogens with zero attached hydrogens (tertiary/aromatic N) is 2. The van der Waals surface area contributed by atoms with E-state index in [1.54, 1.807) is 0 Å². The smallest absolute Gasteiger partial charge is 0.188 e. The lowest BCUT2D eigenvalue weighted by atomic mass is 10.2. The van der Waals surface area contributed by atoms with Crippen LogP contribution < -0.4 is 11.1 Å². The van der Waals surface area contributed by atoms with Crippen LogP contribution in [0.4, 0.5) is 0 Å². The number of hydrogen-bond acceptors (Lipinski definition) is 2. The van der Waals surface area contributed by atoms with Crippen LogP contribution in [0.5, 0.6) is 0 Å². The Hall–Kier alpha value is -1.03. The Morgan fingerprint density at radius 2 is 2.13 bits per heavy atom. The second-order valence-electron chi connectivity index (χ2n) is 4.63.